The largest absolute Gasteiger partial charge is 0.493 e. The Morgan fingerprint density at radius 2 is 2.05 bits per heavy atom. The summed E-state index contributed by atoms with van der Waals surface area (Å²) in [7, 11) is 0. The Hall–Kier alpha value is -2.04. The van der Waals surface area contributed by atoms with Gasteiger partial charge >= 0.3 is 5.97 Å². The highest BCUT2D eigenvalue weighted by Gasteiger charge is 2.02. The molecule has 0 N–H and O–H groups in total. The van der Waals surface area contributed by atoms with Crippen molar-refractivity contribution in [2.45, 2.75) is 33.1 Å². The van der Waals surface area contributed by atoms with Crippen LogP contribution in [0, 0.1) is 0 Å². The molecule has 0 bridgehead atoms. The van der Waals surface area contributed by atoms with Gasteiger partial charge < -0.3 is 14.3 Å². The smallest absolute Gasteiger partial charge is 0.309 e. The van der Waals surface area contributed by atoms with Gasteiger partial charge in [0, 0.05) is 5.56 Å². The van der Waals surface area contributed by atoms with Gasteiger partial charge in [0.2, 0.25) is 0 Å². The summed E-state index contributed by atoms with van der Waals surface area (Å²) in [4.78, 5) is 16.2. The molecule has 0 aliphatic rings. The van der Waals surface area contributed by atoms with Crippen LogP contribution >= 0.6 is 0 Å². The van der Waals surface area contributed by atoms with E-state index in [0.29, 0.717) is 13.2 Å². The van der Waals surface area contributed by atoms with E-state index in [1.807, 2.05) is 24.3 Å². The Kier molecular flexibility index (Phi) is 8.68. The van der Waals surface area contributed by atoms with Crippen LogP contribution in [0.4, 0.5) is 0 Å². The number of rotatable bonds is 10. The molecule has 0 saturated carbocycles. The molecule has 0 amide bonds. The lowest BCUT2D eigenvalue weighted by molar-refractivity contribution is -0.144. The summed E-state index contributed by atoms with van der Waals surface area (Å²) in [5.41, 5.74) is 0.852. The highest BCUT2D eigenvalue weighted by molar-refractivity contribution is 5.83. The minimum atomic E-state index is -0.281. The van der Waals surface area contributed by atoms with Crippen LogP contribution in [0.3, 0.4) is 0 Å². The third-order valence-electron chi connectivity index (χ3n) is 2.64. The van der Waals surface area contributed by atoms with Crippen molar-refractivity contribution < 1.29 is 19.1 Å². The third kappa shape index (κ3) is 7.34. The molecule has 1 rings (SSSR count). The molecule has 0 atom stereocenters. The standard InChI is InChI=1S/C16H23NO4/c1-3-5-11-20-15-9-7-6-8-14(15)13-17-21-12-10-16(18)19-4-2/h6-9,13H,3-5,10-12H2,1-2H3/b17-13+. The summed E-state index contributed by atoms with van der Waals surface area (Å²) in [6.07, 6.45) is 3.89. The van der Waals surface area contributed by atoms with E-state index in [2.05, 4.69) is 12.1 Å². The average molecular weight is 293 g/mol. The predicted molar refractivity (Wildman–Crippen MR) is 81.6 cm³/mol. The molecule has 21 heavy (non-hydrogen) atoms. The first kappa shape index (κ1) is 17.0. The van der Waals surface area contributed by atoms with E-state index in [1.165, 1.54) is 0 Å². The van der Waals surface area contributed by atoms with E-state index in [-0.39, 0.29) is 19.0 Å². The van der Waals surface area contributed by atoms with E-state index in [9.17, 15) is 4.79 Å². The van der Waals surface area contributed by atoms with Gasteiger partial charge in [0.25, 0.3) is 0 Å². The number of para-hydroxylation sites is 1. The van der Waals surface area contributed by atoms with Crippen molar-refractivity contribution in [1.29, 1.82) is 0 Å². The molecule has 0 unspecified atom stereocenters. The molecule has 0 heterocycles. The molecule has 1 aromatic rings. The number of ether oxygens (including phenoxy) is 2. The number of hydrogen-bond acceptors (Lipinski definition) is 5. The number of carbonyl (C=O) groups excluding carboxylic acids is 1. The Morgan fingerprint density at radius 3 is 2.81 bits per heavy atom. The van der Waals surface area contributed by atoms with Crippen molar-refractivity contribution in [2.24, 2.45) is 5.16 Å². The maximum absolute atomic E-state index is 11.1. The number of unbranched alkanes of at least 4 members (excludes halogenated alkanes) is 1. The number of benzene rings is 1. The molecule has 0 aromatic heterocycles. The minimum Gasteiger partial charge on any atom is -0.493 e. The van der Waals surface area contributed by atoms with E-state index in [4.69, 9.17) is 14.3 Å². The predicted octanol–water partition coefficient (Wildman–Crippen LogP) is 3.17. The lowest BCUT2D eigenvalue weighted by atomic mass is 10.2. The summed E-state index contributed by atoms with van der Waals surface area (Å²) < 4.78 is 10.5. The van der Waals surface area contributed by atoms with Gasteiger partial charge in [0.15, 0.2) is 0 Å². The van der Waals surface area contributed by atoms with E-state index in [1.54, 1.807) is 13.1 Å². The Labute approximate surface area is 125 Å². The monoisotopic (exact) mass is 293 g/mol. The molecule has 0 spiro atoms. The lowest BCUT2D eigenvalue weighted by Crippen LogP contribution is -2.06. The van der Waals surface area contributed by atoms with Crippen molar-refractivity contribution in [1.82, 2.24) is 0 Å². The van der Waals surface area contributed by atoms with Gasteiger partial charge in [-0.05, 0) is 25.5 Å². The fourth-order valence-corrected chi connectivity index (χ4v) is 1.55. The van der Waals surface area contributed by atoms with Crippen LogP contribution < -0.4 is 4.74 Å². The average Bonchev–Trinajstić information content (AvgIpc) is 2.49. The SMILES string of the molecule is CCCCOc1ccccc1/C=N/OCCC(=O)OCC. The van der Waals surface area contributed by atoms with E-state index < -0.39 is 0 Å². The van der Waals surface area contributed by atoms with Crippen LogP contribution in [0.25, 0.3) is 0 Å². The number of oxime groups is 1. The Balaban J connectivity index is 2.39. The minimum absolute atomic E-state index is 0.194. The fraction of sp³-hybridized carbons (Fsp3) is 0.500. The first-order valence-corrected chi connectivity index (χ1v) is 7.30. The van der Waals surface area contributed by atoms with Crippen LogP contribution in [0.1, 0.15) is 38.7 Å². The number of esters is 1. The van der Waals surface area contributed by atoms with E-state index in [0.717, 1.165) is 24.2 Å². The molecule has 0 aliphatic carbocycles. The van der Waals surface area contributed by atoms with Crippen molar-refractivity contribution in [3.8, 4) is 5.75 Å². The summed E-state index contributed by atoms with van der Waals surface area (Å²) in [5.74, 6) is 0.500. The molecule has 5 nitrogen and oxygen atoms in total. The summed E-state index contributed by atoms with van der Waals surface area (Å²) >= 11 is 0. The second-order valence-electron chi connectivity index (χ2n) is 4.36. The maximum atomic E-state index is 11.1. The van der Waals surface area contributed by atoms with Gasteiger partial charge in [-0.25, -0.2) is 0 Å². The molecular formula is C16H23NO4. The van der Waals surface area contributed by atoms with Gasteiger partial charge in [0.1, 0.15) is 12.4 Å². The molecule has 116 valence electrons. The Morgan fingerprint density at radius 1 is 1.24 bits per heavy atom. The fourth-order valence-electron chi connectivity index (χ4n) is 1.55. The van der Waals surface area contributed by atoms with Gasteiger partial charge in [-0.15, -0.1) is 0 Å². The zero-order valence-corrected chi connectivity index (χ0v) is 12.7. The highest BCUT2D eigenvalue weighted by atomic mass is 16.6. The van der Waals surface area contributed by atoms with Gasteiger partial charge in [0.05, 0.1) is 25.8 Å². The molecule has 5 heteroatoms. The van der Waals surface area contributed by atoms with Gasteiger partial charge in [-0.2, -0.15) is 0 Å². The second-order valence-corrected chi connectivity index (χ2v) is 4.36. The van der Waals surface area contributed by atoms with Crippen molar-refractivity contribution in [2.75, 3.05) is 19.8 Å². The van der Waals surface area contributed by atoms with Gasteiger partial charge in [-0.3, -0.25) is 4.79 Å². The third-order valence-corrected chi connectivity index (χ3v) is 2.64. The lowest BCUT2D eigenvalue weighted by Gasteiger charge is -2.07. The molecule has 0 saturated heterocycles. The number of hydrogen-bond donors (Lipinski definition) is 0. The van der Waals surface area contributed by atoms with Crippen molar-refractivity contribution in [3.05, 3.63) is 29.8 Å². The highest BCUT2D eigenvalue weighted by Crippen LogP contribution is 2.16. The number of carbonyl (C=O) groups is 1. The summed E-state index contributed by atoms with van der Waals surface area (Å²) in [6, 6.07) is 7.63. The molecule has 0 fully saturated rings. The first-order chi connectivity index (χ1) is 10.3. The zero-order chi connectivity index (χ0) is 15.3. The van der Waals surface area contributed by atoms with Crippen LogP contribution in [0.2, 0.25) is 0 Å². The summed E-state index contributed by atoms with van der Waals surface area (Å²) in [5, 5.41) is 3.85. The van der Waals surface area contributed by atoms with Crippen molar-refractivity contribution >= 4 is 12.2 Å². The quantitative estimate of drug-likeness (QED) is 0.288. The molecule has 0 aliphatic heterocycles. The van der Waals surface area contributed by atoms with Crippen LogP contribution in [-0.2, 0) is 14.4 Å². The van der Waals surface area contributed by atoms with Gasteiger partial charge in [-0.1, -0.05) is 30.6 Å². The zero-order valence-electron chi connectivity index (χ0n) is 12.7. The van der Waals surface area contributed by atoms with Crippen LogP contribution in [0.15, 0.2) is 29.4 Å². The topological polar surface area (TPSA) is 57.1 Å². The van der Waals surface area contributed by atoms with Crippen LogP contribution in [0.5, 0.6) is 5.75 Å². The first-order valence-electron chi connectivity index (χ1n) is 7.30. The number of nitrogens with zero attached hydrogens (tertiary/aromatic N) is 1. The Bertz CT molecular complexity index is 446. The molecule has 0 radical (unpaired) electrons. The molecule has 1 aromatic carbocycles. The normalized spacial score (nSPS) is 10.6. The summed E-state index contributed by atoms with van der Waals surface area (Å²) in [6.45, 7) is 5.16. The van der Waals surface area contributed by atoms with E-state index >= 15 is 0 Å². The van der Waals surface area contributed by atoms with Crippen molar-refractivity contribution in [3.63, 3.8) is 0 Å². The second kappa shape index (κ2) is 10.7. The maximum Gasteiger partial charge on any atom is 0.309 e. The molecular weight excluding hydrogens is 270 g/mol. The van der Waals surface area contributed by atoms with Crippen LogP contribution in [-0.4, -0.2) is 32.0 Å².